The Labute approximate surface area is 110 Å². The van der Waals surface area contributed by atoms with Gasteiger partial charge in [0.05, 0.1) is 10.6 Å². The van der Waals surface area contributed by atoms with E-state index in [-0.39, 0.29) is 11.6 Å². The fraction of sp³-hybridized carbons (Fsp3) is 0.308. The number of amides is 1. The van der Waals surface area contributed by atoms with Crippen molar-refractivity contribution < 1.29 is 9.72 Å². The molecule has 6 heteroatoms. The summed E-state index contributed by atoms with van der Waals surface area (Å²) >= 11 is 0. The second-order valence-corrected chi connectivity index (χ2v) is 4.34. The van der Waals surface area contributed by atoms with Gasteiger partial charge in [-0.25, -0.2) is 0 Å². The third kappa shape index (κ3) is 2.90. The van der Waals surface area contributed by atoms with E-state index in [2.05, 4.69) is 17.2 Å². The number of nitrogens with one attached hydrogen (secondary N) is 2. The molecule has 0 saturated heterocycles. The summed E-state index contributed by atoms with van der Waals surface area (Å²) in [6.45, 7) is 4.20. The zero-order chi connectivity index (χ0) is 13.8. The van der Waals surface area contributed by atoms with Crippen LogP contribution < -0.4 is 10.6 Å². The second kappa shape index (κ2) is 5.51. The van der Waals surface area contributed by atoms with Crippen LogP contribution in [0.3, 0.4) is 0 Å². The number of fused-ring (bicyclic) bond motifs is 1. The van der Waals surface area contributed by atoms with Crippen molar-refractivity contribution in [2.45, 2.75) is 19.3 Å². The number of aryl methyl sites for hydroxylation is 1. The minimum Gasteiger partial charge on any atom is -0.379 e. The first-order chi connectivity index (χ1) is 9.11. The van der Waals surface area contributed by atoms with Crippen LogP contribution in [-0.4, -0.2) is 17.4 Å². The van der Waals surface area contributed by atoms with Crippen molar-refractivity contribution in [3.8, 4) is 0 Å². The molecule has 0 atom stereocenters. The van der Waals surface area contributed by atoms with Gasteiger partial charge in [-0.2, -0.15) is 0 Å². The number of carbonyl (C=O) groups is 1. The van der Waals surface area contributed by atoms with Gasteiger partial charge in [0.15, 0.2) is 0 Å². The number of carbonyl (C=O) groups excluding carboxylic acids is 1. The molecule has 19 heavy (non-hydrogen) atoms. The average molecular weight is 261 g/mol. The highest BCUT2D eigenvalue weighted by atomic mass is 16.6. The minimum atomic E-state index is -0.447. The Morgan fingerprint density at radius 1 is 1.47 bits per heavy atom. The lowest BCUT2D eigenvalue weighted by atomic mass is 10.0. The third-order valence-electron chi connectivity index (χ3n) is 2.98. The number of benzene rings is 1. The van der Waals surface area contributed by atoms with Crippen LogP contribution in [0.1, 0.15) is 18.4 Å². The molecule has 0 fully saturated rings. The van der Waals surface area contributed by atoms with Crippen molar-refractivity contribution in [2.75, 3.05) is 17.2 Å². The van der Waals surface area contributed by atoms with E-state index in [0.717, 1.165) is 12.0 Å². The normalized spacial score (nSPS) is 13.4. The second-order valence-electron chi connectivity index (χ2n) is 4.34. The highest BCUT2D eigenvalue weighted by Gasteiger charge is 2.22. The van der Waals surface area contributed by atoms with Crippen LogP contribution >= 0.6 is 0 Å². The van der Waals surface area contributed by atoms with Crippen LogP contribution in [0.25, 0.3) is 0 Å². The van der Waals surface area contributed by atoms with Gasteiger partial charge in [-0.05, 0) is 24.5 Å². The van der Waals surface area contributed by atoms with Crippen LogP contribution in [0, 0.1) is 10.1 Å². The average Bonchev–Trinajstić information content (AvgIpc) is 2.38. The molecule has 2 rings (SSSR count). The summed E-state index contributed by atoms with van der Waals surface area (Å²) in [6, 6.07) is 3.17. The smallest absolute Gasteiger partial charge is 0.294 e. The number of hydrogen-bond acceptors (Lipinski definition) is 4. The summed E-state index contributed by atoms with van der Waals surface area (Å²) in [5.74, 6) is -0.103. The Kier molecular flexibility index (Phi) is 3.79. The maximum atomic E-state index is 11.3. The molecular formula is C13H15N3O3. The Morgan fingerprint density at radius 2 is 2.26 bits per heavy atom. The van der Waals surface area contributed by atoms with Crippen LogP contribution in [-0.2, 0) is 11.2 Å². The molecule has 6 nitrogen and oxygen atoms in total. The van der Waals surface area contributed by atoms with E-state index in [9.17, 15) is 14.9 Å². The van der Waals surface area contributed by atoms with E-state index in [4.69, 9.17) is 0 Å². The maximum absolute atomic E-state index is 11.3. The van der Waals surface area contributed by atoms with E-state index >= 15 is 0 Å². The lowest BCUT2D eigenvalue weighted by Crippen LogP contribution is -2.19. The van der Waals surface area contributed by atoms with Gasteiger partial charge in [0, 0.05) is 19.0 Å². The summed E-state index contributed by atoms with van der Waals surface area (Å²) in [5.41, 5.74) is 1.93. The molecule has 2 N–H and O–H groups in total. The number of rotatable bonds is 5. The molecule has 0 spiro atoms. The van der Waals surface area contributed by atoms with Crippen LogP contribution in [0.5, 0.6) is 0 Å². The Balaban J connectivity index is 2.33. The zero-order valence-electron chi connectivity index (χ0n) is 10.4. The quantitative estimate of drug-likeness (QED) is 0.369. The molecule has 1 heterocycles. The lowest BCUT2D eigenvalue weighted by molar-refractivity contribution is -0.383. The van der Waals surface area contributed by atoms with Gasteiger partial charge in [-0.15, -0.1) is 6.58 Å². The van der Waals surface area contributed by atoms with E-state index in [1.807, 2.05) is 0 Å². The van der Waals surface area contributed by atoms with Gasteiger partial charge in [-0.3, -0.25) is 14.9 Å². The Bertz CT molecular complexity index is 540. The molecule has 0 saturated carbocycles. The molecule has 100 valence electrons. The number of nitro groups is 1. The number of nitrogens with zero attached hydrogens (tertiary/aromatic N) is 1. The van der Waals surface area contributed by atoms with Crippen LogP contribution in [0.4, 0.5) is 17.1 Å². The topological polar surface area (TPSA) is 84.3 Å². The highest BCUT2D eigenvalue weighted by Crippen LogP contribution is 2.34. The SMILES string of the molecule is C=CCCNc1cc2c(cc1[N+](=O)[O-])NC(=O)CC2. The maximum Gasteiger partial charge on any atom is 0.294 e. The van der Waals surface area contributed by atoms with Gasteiger partial charge in [-0.1, -0.05) is 6.08 Å². The molecule has 1 aromatic carbocycles. The molecule has 0 unspecified atom stereocenters. The summed E-state index contributed by atoms with van der Waals surface area (Å²) in [4.78, 5) is 21.9. The molecule has 0 bridgehead atoms. The fourth-order valence-corrected chi connectivity index (χ4v) is 2.02. The first-order valence-corrected chi connectivity index (χ1v) is 6.07. The Morgan fingerprint density at radius 3 is 2.95 bits per heavy atom. The third-order valence-corrected chi connectivity index (χ3v) is 2.98. The van der Waals surface area contributed by atoms with Crippen molar-refractivity contribution in [3.63, 3.8) is 0 Å². The number of nitro benzene ring substituents is 1. The highest BCUT2D eigenvalue weighted by molar-refractivity contribution is 5.95. The molecular weight excluding hydrogens is 246 g/mol. The first kappa shape index (κ1) is 13.1. The summed E-state index contributed by atoms with van der Waals surface area (Å²) < 4.78 is 0. The van der Waals surface area contributed by atoms with Crippen LogP contribution in [0.2, 0.25) is 0 Å². The molecule has 0 radical (unpaired) electrons. The predicted octanol–water partition coefficient (Wildman–Crippen LogP) is 2.47. The lowest BCUT2D eigenvalue weighted by Gasteiger charge is -2.18. The Hall–Kier alpha value is -2.37. The zero-order valence-corrected chi connectivity index (χ0v) is 10.4. The van der Waals surface area contributed by atoms with Gasteiger partial charge in [0.25, 0.3) is 5.69 Å². The van der Waals surface area contributed by atoms with Crippen molar-refractivity contribution in [1.82, 2.24) is 0 Å². The van der Waals surface area contributed by atoms with E-state index in [1.165, 1.54) is 6.07 Å². The van der Waals surface area contributed by atoms with Gasteiger partial charge >= 0.3 is 0 Å². The van der Waals surface area contributed by atoms with Gasteiger partial charge in [0.2, 0.25) is 5.91 Å². The minimum absolute atomic E-state index is 0.0231. The first-order valence-electron chi connectivity index (χ1n) is 6.07. The van der Waals surface area contributed by atoms with E-state index < -0.39 is 4.92 Å². The van der Waals surface area contributed by atoms with E-state index in [0.29, 0.717) is 30.8 Å². The van der Waals surface area contributed by atoms with Gasteiger partial charge in [0.1, 0.15) is 5.69 Å². The monoisotopic (exact) mass is 261 g/mol. The molecule has 1 aliphatic rings. The predicted molar refractivity (Wildman–Crippen MR) is 73.4 cm³/mol. The summed E-state index contributed by atoms with van der Waals surface area (Å²) in [6.07, 6.45) is 3.49. The number of anilines is 2. The largest absolute Gasteiger partial charge is 0.379 e. The number of hydrogen-bond donors (Lipinski definition) is 2. The summed E-state index contributed by atoms with van der Waals surface area (Å²) in [5, 5.41) is 16.7. The standard InChI is InChI=1S/C13H15N3O3/c1-2-3-6-14-11-7-9-4-5-13(17)15-10(9)8-12(11)16(18)19/h2,7-8,14H,1,3-6H2,(H,15,17). The fourth-order valence-electron chi connectivity index (χ4n) is 2.02. The van der Waals surface area contributed by atoms with Crippen LogP contribution in [0.15, 0.2) is 24.8 Å². The van der Waals surface area contributed by atoms with Crippen molar-refractivity contribution in [2.24, 2.45) is 0 Å². The molecule has 1 amide bonds. The molecule has 0 aliphatic carbocycles. The molecule has 1 aliphatic heterocycles. The molecule has 1 aromatic rings. The van der Waals surface area contributed by atoms with Crippen molar-refractivity contribution in [3.05, 3.63) is 40.5 Å². The van der Waals surface area contributed by atoms with Crippen molar-refractivity contribution >= 4 is 23.0 Å². The van der Waals surface area contributed by atoms with E-state index in [1.54, 1.807) is 12.1 Å². The van der Waals surface area contributed by atoms with Gasteiger partial charge < -0.3 is 10.6 Å². The van der Waals surface area contributed by atoms with Crippen molar-refractivity contribution in [1.29, 1.82) is 0 Å². The summed E-state index contributed by atoms with van der Waals surface area (Å²) in [7, 11) is 0. The molecule has 0 aromatic heterocycles.